The monoisotopic (exact) mass is 379 g/mol. The lowest BCUT2D eigenvalue weighted by Gasteiger charge is -2.29. The number of carbonyl (C=O) groups is 2. The van der Waals surface area contributed by atoms with E-state index in [-0.39, 0.29) is 6.54 Å². The van der Waals surface area contributed by atoms with Crippen LogP contribution in [0, 0.1) is 5.92 Å². The normalized spacial score (nSPS) is 24.5. The zero-order valence-electron chi connectivity index (χ0n) is 14.4. The van der Waals surface area contributed by atoms with Gasteiger partial charge >= 0.3 is 16.4 Å². The molecule has 11 heteroatoms. The highest BCUT2D eigenvalue weighted by Gasteiger charge is 2.49. The lowest BCUT2D eigenvalue weighted by molar-refractivity contribution is -0.139. The first-order valence-corrected chi connectivity index (χ1v) is 9.78. The number of unbranched alkanes of at least 4 members (excludes halogenated alkanes) is 1. The second-order valence-electron chi connectivity index (χ2n) is 6.53. The van der Waals surface area contributed by atoms with Crippen molar-refractivity contribution in [3.63, 3.8) is 0 Å². The zero-order valence-corrected chi connectivity index (χ0v) is 15.2. The average Bonchev–Trinajstić information content (AvgIpc) is 2.76. The summed E-state index contributed by atoms with van der Waals surface area (Å²) >= 11 is 0. The number of piperidine rings is 1. The standard InChI is InChI=1S/C14H25N3O7S/c1-3-4-5-10(2)9-23-15-13(18)12-7-6-11-8-16(12)14(19)17(11)24-25(20,21)22/h10-12H,3-9H2,1-2H3,(H,15,18)(H,20,21,22)/t10?,11?,12-/m0/s1. The fourth-order valence-electron chi connectivity index (χ4n) is 3.06. The number of nitrogens with zero attached hydrogens (tertiary/aromatic N) is 2. The first kappa shape index (κ1) is 19.9. The van der Waals surface area contributed by atoms with Crippen LogP contribution in [-0.4, -0.2) is 60.1 Å². The maximum Gasteiger partial charge on any atom is 0.418 e. The van der Waals surface area contributed by atoms with Crippen LogP contribution in [-0.2, 0) is 24.3 Å². The first-order valence-electron chi connectivity index (χ1n) is 8.41. The van der Waals surface area contributed by atoms with E-state index in [0.717, 1.165) is 19.3 Å². The van der Waals surface area contributed by atoms with E-state index in [1.807, 2.05) is 6.92 Å². The predicted molar refractivity (Wildman–Crippen MR) is 86.2 cm³/mol. The van der Waals surface area contributed by atoms with Gasteiger partial charge < -0.3 is 4.90 Å². The molecule has 3 amide bonds. The molecule has 0 aromatic heterocycles. The molecule has 144 valence electrons. The van der Waals surface area contributed by atoms with Gasteiger partial charge in [0, 0.05) is 6.54 Å². The molecule has 10 nitrogen and oxygen atoms in total. The molecular formula is C14H25N3O7S. The molecule has 0 spiro atoms. The summed E-state index contributed by atoms with van der Waals surface area (Å²) in [5.74, 6) is -0.147. The lowest BCUT2D eigenvalue weighted by atomic mass is 10.0. The quantitative estimate of drug-likeness (QED) is 0.449. The van der Waals surface area contributed by atoms with Gasteiger partial charge in [-0.15, -0.1) is 4.28 Å². The summed E-state index contributed by atoms with van der Waals surface area (Å²) in [7, 11) is -4.80. The Hall–Kier alpha value is -1.43. The van der Waals surface area contributed by atoms with Crippen molar-refractivity contribution in [3.05, 3.63) is 0 Å². The number of rotatable bonds is 9. The predicted octanol–water partition coefficient (Wildman–Crippen LogP) is 0.864. The molecule has 25 heavy (non-hydrogen) atoms. The highest BCUT2D eigenvalue weighted by molar-refractivity contribution is 7.80. The molecule has 2 unspecified atom stereocenters. The van der Waals surface area contributed by atoms with E-state index in [9.17, 15) is 18.0 Å². The molecule has 0 aromatic rings. The van der Waals surface area contributed by atoms with E-state index in [4.69, 9.17) is 9.39 Å². The molecule has 0 aliphatic carbocycles. The summed E-state index contributed by atoms with van der Waals surface area (Å²) < 4.78 is 34.7. The van der Waals surface area contributed by atoms with Crippen LogP contribution in [0.2, 0.25) is 0 Å². The van der Waals surface area contributed by atoms with Crippen LogP contribution in [0.3, 0.4) is 0 Å². The Morgan fingerprint density at radius 3 is 2.80 bits per heavy atom. The number of nitrogens with one attached hydrogen (secondary N) is 1. The average molecular weight is 379 g/mol. The highest BCUT2D eigenvalue weighted by Crippen LogP contribution is 2.30. The molecule has 0 aromatic carbocycles. The second kappa shape index (κ2) is 8.30. The third-order valence-corrected chi connectivity index (χ3v) is 4.74. The van der Waals surface area contributed by atoms with Gasteiger partial charge in [0.1, 0.15) is 6.04 Å². The third kappa shape index (κ3) is 5.27. The van der Waals surface area contributed by atoms with Crippen molar-refractivity contribution in [2.24, 2.45) is 5.92 Å². The van der Waals surface area contributed by atoms with Gasteiger partial charge in [-0.25, -0.2) is 10.3 Å². The number of amides is 3. The Morgan fingerprint density at radius 2 is 2.16 bits per heavy atom. The summed E-state index contributed by atoms with van der Waals surface area (Å²) in [6.45, 7) is 4.67. The minimum atomic E-state index is -4.80. The minimum Gasteiger partial charge on any atom is -0.309 e. The Bertz CT molecular complexity index is 597. The van der Waals surface area contributed by atoms with Crippen molar-refractivity contribution in [1.29, 1.82) is 0 Å². The molecule has 2 rings (SSSR count). The molecule has 2 heterocycles. The SMILES string of the molecule is CCCCC(C)CONC(=O)[C@@H]1CCC2CN1C(=O)N2OS(=O)(=O)O. The topological polar surface area (TPSA) is 125 Å². The Balaban J connectivity index is 1.85. The minimum absolute atomic E-state index is 0.152. The largest absolute Gasteiger partial charge is 0.418 e. The van der Waals surface area contributed by atoms with E-state index in [0.29, 0.717) is 30.4 Å². The summed E-state index contributed by atoms with van der Waals surface area (Å²) in [5, 5.41) is 0.607. The van der Waals surface area contributed by atoms with Crippen LogP contribution < -0.4 is 5.48 Å². The van der Waals surface area contributed by atoms with Crippen LogP contribution >= 0.6 is 0 Å². The van der Waals surface area contributed by atoms with Crippen LogP contribution in [0.15, 0.2) is 0 Å². The van der Waals surface area contributed by atoms with Crippen molar-refractivity contribution in [2.45, 2.75) is 58.0 Å². The number of fused-ring (bicyclic) bond motifs is 2. The number of urea groups is 1. The molecule has 2 aliphatic heterocycles. The molecule has 3 atom stereocenters. The molecule has 0 radical (unpaired) electrons. The summed E-state index contributed by atoms with van der Waals surface area (Å²) in [6, 6.07) is -2.05. The van der Waals surface area contributed by atoms with Gasteiger partial charge in [-0.1, -0.05) is 26.7 Å². The number of hydrogen-bond acceptors (Lipinski definition) is 6. The van der Waals surface area contributed by atoms with Crippen molar-refractivity contribution in [3.8, 4) is 0 Å². The molecule has 2 saturated heterocycles. The third-order valence-electron chi connectivity index (χ3n) is 4.39. The molecule has 2 bridgehead atoms. The van der Waals surface area contributed by atoms with Gasteiger partial charge in [-0.3, -0.25) is 14.2 Å². The number of hydrogen-bond donors (Lipinski definition) is 2. The van der Waals surface area contributed by atoms with Gasteiger partial charge in [-0.2, -0.15) is 13.5 Å². The van der Waals surface area contributed by atoms with Gasteiger partial charge in [0.05, 0.1) is 12.6 Å². The van der Waals surface area contributed by atoms with Crippen LogP contribution in [0.1, 0.15) is 46.0 Å². The first-order chi connectivity index (χ1) is 11.7. The second-order valence-corrected chi connectivity index (χ2v) is 7.54. The molecule has 2 fully saturated rings. The summed E-state index contributed by atoms with van der Waals surface area (Å²) in [6.07, 6.45) is 3.92. The van der Waals surface area contributed by atoms with E-state index in [1.165, 1.54) is 4.90 Å². The smallest absolute Gasteiger partial charge is 0.309 e. The maximum absolute atomic E-state index is 12.3. The summed E-state index contributed by atoms with van der Waals surface area (Å²) in [5.41, 5.74) is 2.37. The van der Waals surface area contributed by atoms with Crippen LogP contribution in [0.25, 0.3) is 0 Å². The number of hydroxylamine groups is 3. The molecule has 0 saturated carbocycles. The van der Waals surface area contributed by atoms with Crippen LogP contribution in [0.4, 0.5) is 4.79 Å². The van der Waals surface area contributed by atoms with E-state index in [1.54, 1.807) is 0 Å². The van der Waals surface area contributed by atoms with Gasteiger partial charge in [0.15, 0.2) is 0 Å². The van der Waals surface area contributed by atoms with Gasteiger partial charge in [-0.05, 0) is 25.2 Å². The van der Waals surface area contributed by atoms with Gasteiger partial charge in [0.2, 0.25) is 0 Å². The lowest BCUT2D eigenvalue weighted by Crippen LogP contribution is -2.49. The maximum atomic E-state index is 12.3. The van der Waals surface area contributed by atoms with Crippen molar-refractivity contribution in [1.82, 2.24) is 15.4 Å². The van der Waals surface area contributed by atoms with Crippen LogP contribution in [0.5, 0.6) is 0 Å². The fraction of sp³-hybridized carbons (Fsp3) is 0.857. The Morgan fingerprint density at radius 1 is 1.44 bits per heavy atom. The molecule has 2 aliphatic rings. The summed E-state index contributed by atoms with van der Waals surface area (Å²) in [4.78, 5) is 30.9. The molecular weight excluding hydrogens is 354 g/mol. The van der Waals surface area contributed by atoms with E-state index < -0.39 is 34.4 Å². The zero-order chi connectivity index (χ0) is 18.6. The van der Waals surface area contributed by atoms with Crippen molar-refractivity contribution in [2.75, 3.05) is 13.2 Å². The Kier molecular flexibility index (Phi) is 6.60. The van der Waals surface area contributed by atoms with Crippen molar-refractivity contribution >= 4 is 22.3 Å². The molecule has 2 N–H and O–H groups in total. The van der Waals surface area contributed by atoms with Gasteiger partial charge in [0.25, 0.3) is 5.91 Å². The number of carbonyl (C=O) groups excluding carboxylic acids is 2. The fourth-order valence-corrected chi connectivity index (χ4v) is 3.45. The van der Waals surface area contributed by atoms with Crippen molar-refractivity contribution < 1.29 is 31.7 Å². The Labute approximate surface area is 147 Å². The highest BCUT2D eigenvalue weighted by atomic mass is 32.3. The van der Waals surface area contributed by atoms with E-state index in [2.05, 4.69) is 16.7 Å². The van der Waals surface area contributed by atoms with E-state index >= 15 is 0 Å².